The summed E-state index contributed by atoms with van der Waals surface area (Å²) in [7, 11) is -1.94. The van der Waals surface area contributed by atoms with Crippen molar-refractivity contribution in [1.82, 2.24) is 4.31 Å². The molecule has 1 aliphatic rings. The van der Waals surface area contributed by atoms with Crippen LogP contribution in [0.2, 0.25) is 5.02 Å². The van der Waals surface area contributed by atoms with Crippen LogP contribution in [-0.4, -0.2) is 32.4 Å². The van der Waals surface area contributed by atoms with E-state index in [4.69, 9.17) is 16.3 Å². The van der Waals surface area contributed by atoms with Gasteiger partial charge in [-0.05, 0) is 38.0 Å². The molecule has 0 amide bonds. The molecular weight excluding hydrogens is 310 g/mol. The van der Waals surface area contributed by atoms with Gasteiger partial charge < -0.3 is 4.74 Å². The molecular formula is C15H22ClNO3S. The summed E-state index contributed by atoms with van der Waals surface area (Å²) in [4.78, 5) is 0.157. The highest BCUT2D eigenvalue weighted by Crippen LogP contribution is 2.32. The standard InChI is InChI=1S/C15H22ClNO3S/c1-3-20-14-10-9-12(16)11-15(14)21(18,19)17(2)13-7-5-4-6-8-13/h9-11,13H,3-8H2,1-2H3. The first-order chi connectivity index (χ1) is 9.96. The third-order valence-electron chi connectivity index (χ3n) is 3.95. The summed E-state index contributed by atoms with van der Waals surface area (Å²) >= 11 is 5.97. The van der Waals surface area contributed by atoms with Crippen LogP contribution in [0.4, 0.5) is 0 Å². The van der Waals surface area contributed by atoms with Gasteiger partial charge in [0.1, 0.15) is 10.6 Å². The van der Waals surface area contributed by atoms with Crippen LogP contribution in [0.15, 0.2) is 23.1 Å². The zero-order valence-electron chi connectivity index (χ0n) is 12.5. The fraction of sp³-hybridized carbons (Fsp3) is 0.600. The largest absolute Gasteiger partial charge is 0.492 e. The molecule has 0 aromatic heterocycles. The lowest BCUT2D eigenvalue weighted by Gasteiger charge is -2.30. The van der Waals surface area contributed by atoms with Crippen LogP contribution < -0.4 is 4.74 Å². The molecule has 0 aliphatic heterocycles. The van der Waals surface area contributed by atoms with Crippen molar-refractivity contribution < 1.29 is 13.2 Å². The van der Waals surface area contributed by atoms with E-state index < -0.39 is 10.0 Å². The minimum Gasteiger partial charge on any atom is -0.492 e. The average molecular weight is 332 g/mol. The second-order valence-corrected chi connectivity index (χ2v) is 7.74. The van der Waals surface area contributed by atoms with Crippen molar-refractivity contribution in [3.63, 3.8) is 0 Å². The smallest absolute Gasteiger partial charge is 0.246 e. The predicted octanol–water partition coefficient (Wildman–Crippen LogP) is 3.69. The summed E-state index contributed by atoms with van der Waals surface area (Å²) < 4.78 is 32.7. The summed E-state index contributed by atoms with van der Waals surface area (Å²) in [5.41, 5.74) is 0. The van der Waals surface area contributed by atoms with E-state index in [1.807, 2.05) is 6.92 Å². The van der Waals surface area contributed by atoms with E-state index in [0.717, 1.165) is 25.7 Å². The van der Waals surface area contributed by atoms with E-state index in [-0.39, 0.29) is 10.9 Å². The Kier molecular flexibility index (Phi) is 5.52. The van der Waals surface area contributed by atoms with Crippen LogP contribution in [0, 0.1) is 0 Å². The molecule has 0 saturated heterocycles. The van der Waals surface area contributed by atoms with Gasteiger partial charge in [-0.2, -0.15) is 4.31 Å². The number of ether oxygens (including phenoxy) is 1. The quantitative estimate of drug-likeness (QED) is 0.826. The predicted molar refractivity (Wildman–Crippen MR) is 84.4 cm³/mol. The van der Waals surface area contributed by atoms with Crippen molar-refractivity contribution in [2.45, 2.75) is 50.0 Å². The van der Waals surface area contributed by atoms with E-state index in [9.17, 15) is 8.42 Å². The first kappa shape index (κ1) is 16.6. The summed E-state index contributed by atoms with van der Waals surface area (Å²) in [5, 5.41) is 0.397. The SMILES string of the molecule is CCOc1ccc(Cl)cc1S(=O)(=O)N(C)C1CCCCC1. The van der Waals surface area contributed by atoms with Crippen molar-refractivity contribution >= 4 is 21.6 Å². The summed E-state index contributed by atoms with van der Waals surface area (Å²) in [6, 6.07) is 4.80. The van der Waals surface area contributed by atoms with Gasteiger partial charge in [-0.15, -0.1) is 0 Å². The van der Waals surface area contributed by atoms with Crippen molar-refractivity contribution in [1.29, 1.82) is 0 Å². The third-order valence-corrected chi connectivity index (χ3v) is 6.12. The van der Waals surface area contributed by atoms with Crippen LogP contribution in [-0.2, 0) is 10.0 Å². The van der Waals surface area contributed by atoms with Gasteiger partial charge in [-0.25, -0.2) is 8.42 Å². The Bertz CT molecular complexity index is 583. The lowest BCUT2D eigenvalue weighted by atomic mass is 9.96. The number of benzene rings is 1. The molecule has 0 spiro atoms. The fourth-order valence-electron chi connectivity index (χ4n) is 2.75. The van der Waals surface area contributed by atoms with Crippen LogP contribution in [0.1, 0.15) is 39.0 Å². The van der Waals surface area contributed by atoms with Crippen molar-refractivity contribution in [2.75, 3.05) is 13.7 Å². The Hall–Kier alpha value is -0.780. The van der Waals surface area contributed by atoms with Crippen LogP contribution in [0.25, 0.3) is 0 Å². The molecule has 0 radical (unpaired) electrons. The minimum atomic E-state index is -3.59. The number of hydrogen-bond donors (Lipinski definition) is 0. The van der Waals surface area contributed by atoms with Gasteiger partial charge in [-0.1, -0.05) is 30.9 Å². The Labute approximate surface area is 132 Å². The van der Waals surface area contributed by atoms with E-state index in [2.05, 4.69) is 0 Å². The van der Waals surface area contributed by atoms with E-state index in [0.29, 0.717) is 17.4 Å². The number of rotatable bonds is 5. The molecule has 1 saturated carbocycles. The molecule has 0 atom stereocenters. The van der Waals surface area contributed by atoms with Crippen molar-refractivity contribution in [2.24, 2.45) is 0 Å². The molecule has 21 heavy (non-hydrogen) atoms. The van der Waals surface area contributed by atoms with Gasteiger partial charge in [0.2, 0.25) is 10.0 Å². The second-order valence-electron chi connectivity index (χ2n) is 5.34. The van der Waals surface area contributed by atoms with Crippen LogP contribution >= 0.6 is 11.6 Å². The highest BCUT2D eigenvalue weighted by Gasteiger charge is 2.31. The zero-order chi connectivity index (χ0) is 15.5. The zero-order valence-corrected chi connectivity index (χ0v) is 14.1. The van der Waals surface area contributed by atoms with Gasteiger partial charge in [0, 0.05) is 18.1 Å². The van der Waals surface area contributed by atoms with E-state index >= 15 is 0 Å². The molecule has 118 valence electrons. The molecule has 0 unspecified atom stereocenters. The Morgan fingerprint density at radius 2 is 1.95 bits per heavy atom. The first-order valence-electron chi connectivity index (χ1n) is 7.37. The Balaban J connectivity index is 2.35. The lowest BCUT2D eigenvalue weighted by Crippen LogP contribution is -2.38. The molecule has 1 aromatic carbocycles. The van der Waals surface area contributed by atoms with Crippen LogP contribution in [0.3, 0.4) is 0 Å². The first-order valence-corrected chi connectivity index (χ1v) is 9.19. The normalized spacial score (nSPS) is 17.1. The van der Waals surface area contributed by atoms with Gasteiger partial charge in [0.25, 0.3) is 0 Å². The van der Waals surface area contributed by atoms with Gasteiger partial charge >= 0.3 is 0 Å². The molecule has 1 fully saturated rings. The molecule has 0 bridgehead atoms. The van der Waals surface area contributed by atoms with Crippen LogP contribution in [0.5, 0.6) is 5.75 Å². The molecule has 1 aliphatic carbocycles. The molecule has 0 N–H and O–H groups in total. The molecule has 4 nitrogen and oxygen atoms in total. The summed E-state index contributed by atoms with van der Waals surface area (Å²) in [6.07, 6.45) is 5.18. The molecule has 0 heterocycles. The second kappa shape index (κ2) is 6.99. The summed E-state index contributed by atoms with van der Waals surface area (Å²) in [6.45, 7) is 2.24. The maximum absolute atomic E-state index is 12.9. The van der Waals surface area contributed by atoms with Gasteiger partial charge in [0.05, 0.1) is 6.61 Å². The number of hydrogen-bond acceptors (Lipinski definition) is 3. The number of nitrogens with zero attached hydrogens (tertiary/aromatic N) is 1. The van der Waals surface area contributed by atoms with E-state index in [1.165, 1.54) is 16.8 Å². The number of sulfonamides is 1. The highest BCUT2D eigenvalue weighted by atomic mass is 35.5. The van der Waals surface area contributed by atoms with Gasteiger partial charge in [-0.3, -0.25) is 0 Å². The fourth-order valence-corrected chi connectivity index (χ4v) is 4.56. The third kappa shape index (κ3) is 3.71. The van der Waals surface area contributed by atoms with E-state index in [1.54, 1.807) is 19.2 Å². The monoisotopic (exact) mass is 331 g/mol. The average Bonchev–Trinajstić information content (AvgIpc) is 2.49. The molecule has 6 heteroatoms. The molecule has 1 aromatic rings. The Morgan fingerprint density at radius 1 is 1.29 bits per heavy atom. The Morgan fingerprint density at radius 3 is 2.57 bits per heavy atom. The molecule has 2 rings (SSSR count). The minimum absolute atomic E-state index is 0.0669. The number of halogens is 1. The maximum atomic E-state index is 12.9. The topological polar surface area (TPSA) is 46.6 Å². The maximum Gasteiger partial charge on any atom is 0.246 e. The van der Waals surface area contributed by atoms with Crippen molar-refractivity contribution in [3.8, 4) is 5.75 Å². The summed E-state index contributed by atoms with van der Waals surface area (Å²) in [5.74, 6) is 0.365. The lowest BCUT2D eigenvalue weighted by molar-refractivity contribution is 0.283. The highest BCUT2D eigenvalue weighted by molar-refractivity contribution is 7.89. The van der Waals surface area contributed by atoms with Gasteiger partial charge in [0.15, 0.2) is 0 Å². The van der Waals surface area contributed by atoms with Crippen molar-refractivity contribution in [3.05, 3.63) is 23.2 Å².